The lowest BCUT2D eigenvalue weighted by atomic mass is 9.97. The molecule has 1 aliphatic heterocycles. The van der Waals surface area contributed by atoms with Gasteiger partial charge in [0.2, 0.25) is 10.0 Å². The SMILES string of the molecule is CC1OCCC1(O)CNS(=O)(=O)c1cc(C(=O)O)n(C)c1. The van der Waals surface area contributed by atoms with Crippen molar-refractivity contribution in [3.05, 3.63) is 18.0 Å². The normalized spacial score (nSPS) is 26.1. The van der Waals surface area contributed by atoms with E-state index in [0.717, 1.165) is 6.07 Å². The fourth-order valence-electron chi connectivity index (χ4n) is 2.20. The molecule has 0 radical (unpaired) electrons. The van der Waals surface area contributed by atoms with Gasteiger partial charge in [0.05, 0.1) is 6.10 Å². The van der Waals surface area contributed by atoms with Crippen LogP contribution in [0.5, 0.6) is 0 Å². The summed E-state index contributed by atoms with van der Waals surface area (Å²) in [6, 6.07) is 1.07. The molecule has 1 fully saturated rings. The number of sulfonamides is 1. The highest BCUT2D eigenvalue weighted by molar-refractivity contribution is 7.89. The van der Waals surface area contributed by atoms with E-state index in [9.17, 15) is 18.3 Å². The number of nitrogens with zero attached hydrogens (tertiary/aromatic N) is 1. The molecular weight excluding hydrogens is 300 g/mol. The molecule has 0 amide bonds. The molecule has 0 aromatic carbocycles. The minimum absolute atomic E-state index is 0.133. The zero-order valence-corrected chi connectivity index (χ0v) is 12.6. The van der Waals surface area contributed by atoms with Crippen molar-refractivity contribution in [1.29, 1.82) is 0 Å². The van der Waals surface area contributed by atoms with Crippen molar-refractivity contribution in [2.24, 2.45) is 7.05 Å². The molecule has 2 rings (SSSR count). The standard InChI is InChI=1S/C12H18N2O6S/c1-8-12(17,3-4-20-8)7-13-21(18,19)9-5-10(11(15)16)14(2)6-9/h5-6,8,13,17H,3-4,7H2,1-2H3,(H,15,16). The van der Waals surface area contributed by atoms with E-state index >= 15 is 0 Å². The van der Waals surface area contributed by atoms with E-state index in [1.807, 2.05) is 0 Å². The maximum Gasteiger partial charge on any atom is 0.352 e. The van der Waals surface area contributed by atoms with E-state index in [0.29, 0.717) is 13.0 Å². The van der Waals surface area contributed by atoms with Crippen LogP contribution in [0.2, 0.25) is 0 Å². The predicted octanol–water partition coefficient (Wildman–Crippen LogP) is -0.458. The molecular formula is C12H18N2O6S. The van der Waals surface area contributed by atoms with Crippen molar-refractivity contribution in [1.82, 2.24) is 9.29 Å². The Kier molecular flexibility index (Phi) is 4.11. The van der Waals surface area contributed by atoms with Gasteiger partial charge >= 0.3 is 5.97 Å². The molecule has 3 N–H and O–H groups in total. The first-order valence-electron chi connectivity index (χ1n) is 6.39. The molecule has 0 spiro atoms. The Balaban J connectivity index is 2.15. The Morgan fingerprint density at radius 1 is 1.62 bits per heavy atom. The second-order valence-electron chi connectivity index (χ2n) is 5.17. The van der Waals surface area contributed by atoms with E-state index in [1.165, 1.54) is 17.8 Å². The van der Waals surface area contributed by atoms with Gasteiger partial charge in [-0.05, 0) is 13.0 Å². The van der Waals surface area contributed by atoms with Gasteiger partial charge in [-0.2, -0.15) is 0 Å². The first kappa shape index (κ1) is 16.0. The van der Waals surface area contributed by atoms with Crippen molar-refractivity contribution in [2.45, 2.75) is 29.9 Å². The van der Waals surface area contributed by atoms with E-state index in [4.69, 9.17) is 9.84 Å². The van der Waals surface area contributed by atoms with Crippen LogP contribution >= 0.6 is 0 Å². The van der Waals surface area contributed by atoms with Crippen molar-refractivity contribution < 1.29 is 28.2 Å². The average molecular weight is 318 g/mol. The molecule has 1 aliphatic rings. The number of aromatic nitrogens is 1. The van der Waals surface area contributed by atoms with Crippen LogP contribution in [0.15, 0.2) is 17.2 Å². The van der Waals surface area contributed by atoms with Gasteiger partial charge in [0.1, 0.15) is 16.2 Å². The Morgan fingerprint density at radius 3 is 2.76 bits per heavy atom. The van der Waals surface area contributed by atoms with Crippen LogP contribution in [0.3, 0.4) is 0 Å². The second-order valence-corrected chi connectivity index (χ2v) is 6.94. The molecule has 1 aromatic rings. The molecule has 9 heteroatoms. The van der Waals surface area contributed by atoms with Gasteiger partial charge in [-0.3, -0.25) is 0 Å². The summed E-state index contributed by atoms with van der Waals surface area (Å²) < 4.78 is 33.1. The Hall–Kier alpha value is -1.42. The summed E-state index contributed by atoms with van der Waals surface area (Å²) in [5.74, 6) is -1.21. The second kappa shape index (κ2) is 5.41. The summed E-state index contributed by atoms with van der Waals surface area (Å²) in [5.41, 5.74) is -1.39. The topological polar surface area (TPSA) is 118 Å². The molecule has 2 heterocycles. The van der Waals surface area contributed by atoms with E-state index in [2.05, 4.69) is 4.72 Å². The van der Waals surface area contributed by atoms with Gasteiger partial charge in [0.15, 0.2) is 0 Å². The van der Waals surface area contributed by atoms with Gasteiger partial charge in [0, 0.05) is 32.8 Å². The number of nitrogens with one attached hydrogen (secondary N) is 1. The fraction of sp³-hybridized carbons (Fsp3) is 0.583. The van der Waals surface area contributed by atoms with E-state index in [1.54, 1.807) is 6.92 Å². The number of carboxylic acids is 1. The van der Waals surface area contributed by atoms with Crippen LogP contribution in [0.1, 0.15) is 23.8 Å². The van der Waals surface area contributed by atoms with Crippen molar-refractivity contribution in [3.63, 3.8) is 0 Å². The minimum Gasteiger partial charge on any atom is -0.477 e. The summed E-state index contributed by atoms with van der Waals surface area (Å²) in [4.78, 5) is 10.8. The van der Waals surface area contributed by atoms with E-state index in [-0.39, 0.29) is 17.1 Å². The van der Waals surface area contributed by atoms with Gasteiger partial charge in [0.25, 0.3) is 0 Å². The highest BCUT2D eigenvalue weighted by atomic mass is 32.2. The van der Waals surface area contributed by atoms with Crippen LogP contribution in [-0.2, 0) is 21.8 Å². The minimum atomic E-state index is -3.89. The highest BCUT2D eigenvalue weighted by Gasteiger charge is 2.40. The molecule has 0 bridgehead atoms. The Labute approximate surface area is 122 Å². The van der Waals surface area contributed by atoms with Crippen LogP contribution in [0.25, 0.3) is 0 Å². The molecule has 2 atom stereocenters. The van der Waals surface area contributed by atoms with Crippen LogP contribution < -0.4 is 4.72 Å². The smallest absolute Gasteiger partial charge is 0.352 e. The maximum atomic E-state index is 12.2. The summed E-state index contributed by atoms with van der Waals surface area (Å²) in [5, 5.41) is 19.2. The van der Waals surface area contributed by atoms with Crippen molar-refractivity contribution in [2.75, 3.05) is 13.2 Å². The third-order valence-corrected chi connectivity index (χ3v) is 5.11. The van der Waals surface area contributed by atoms with Gasteiger partial charge in [-0.15, -0.1) is 0 Å². The fourth-order valence-corrected chi connectivity index (χ4v) is 3.37. The number of carbonyl (C=O) groups is 1. The molecule has 0 saturated carbocycles. The van der Waals surface area contributed by atoms with Crippen molar-refractivity contribution in [3.8, 4) is 0 Å². The lowest BCUT2D eigenvalue weighted by Crippen LogP contribution is -2.47. The molecule has 0 aliphatic carbocycles. The predicted molar refractivity (Wildman–Crippen MR) is 72.5 cm³/mol. The van der Waals surface area contributed by atoms with Crippen molar-refractivity contribution >= 4 is 16.0 Å². The van der Waals surface area contributed by atoms with E-state index < -0.39 is 27.7 Å². The number of rotatable bonds is 5. The van der Waals surface area contributed by atoms with Crippen LogP contribution in [0.4, 0.5) is 0 Å². The first-order valence-corrected chi connectivity index (χ1v) is 7.87. The molecule has 2 unspecified atom stereocenters. The lowest BCUT2D eigenvalue weighted by Gasteiger charge is -2.25. The molecule has 1 saturated heterocycles. The third-order valence-electron chi connectivity index (χ3n) is 3.74. The summed E-state index contributed by atoms with van der Waals surface area (Å²) in [6.07, 6.45) is 1.08. The summed E-state index contributed by atoms with van der Waals surface area (Å²) >= 11 is 0. The number of aryl methyl sites for hydroxylation is 1. The number of aromatic carboxylic acids is 1. The van der Waals surface area contributed by atoms with Crippen LogP contribution in [-0.4, -0.2) is 54.0 Å². The van der Waals surface area contributed by atoms with Gasteiger partial charge in [-0.1, -0.05) is 0 Å². The highest BCUT2D eigenvalue weighted by Crippen LogP contribution is 2.25. The number of aliphatic hydroxyl groups is 1. The molecule has 1 aromatic heterocycles. The summed E-state index contributed by atoms with van der Waals surface area (Å²) in [6.45, 7) is 1.86. The number of hydrogen-bond acceptors (Lipinski definition) is 5. The number of hydrogen-bond donors (Lipinski definition) is 3. The maximum absolute atomic E-state index is 12.2. The molecule has 8 nitrogen and oxygen atoms in total. The quantitative estimate of drug-likeness (QED) is 0.676. The Morgan fingerprint density at radius 2 is 2.29 bits per heavy atom. The van der Waals surface area contributed by atoms with Gasteiger partial charge in [-0.25, -0.2) is 17.9 Å². The molecule has 21 heavy (non-hydrogen) atoms. The Bertz CT molecular complexity index is 653. The monoisotopic (exact) mass is 318 g/mol. The largest absolute Gasteiger partial charge is 0.477 e. The zero-order chi connectivity index (χ0) is 15.8. The van der Waals surface area contributed by atoms with Crippen LogP contribution in [0, 0.1) is 0 Å². The van der Waals surface area contributed by atoms with Gasteiger partial charge < -0.3 is 19.5 Å². The first-order chi connectivity index (χ1) is 9.66. The zero-order valence-electron chi connectivity index (χ0n) is 11.7. The number of ether oxygens (including phenoxy) is 1. The third kappa shape index (κ3) is 3.10. The average Bonchev–Trinajstić information content (AvgIpc) is 2.93. The number of carboxylic acid groups (broad SMARTS) is 1. The summed E-state index contributed by atoms with van der Waals surface area (Å²) in [7, 11) is -2.45. The lowest BCUT2D eigenvalue weighted by molar-refractivity contribution is -0.0228. The molecule has 118 valence electrons.